The number of hydrogen-bond acceptors (Lipinski definition) is 4. The summed E-state index contributed by atoms with van der Waals surface area (Å²) in [5.74, 6) is 0.628. The molecule has 6 unspecified atom stereocenters. The Labute approximate surface area is 190 Å². The molecule has 2 amide bonds. The molecule has 4 aliphatic carbocycles. The molecule has 3 aromatic rings. The van der Waals surface area contributed by atoms with Crippen molar-refractivity contribution in [3.63, 3.8) is 0 Å². The Kier molecular flexibility index (Phi) is 3.78. The summed E-state index contributed by atoms with van der Waals surface area (Å²) in [4.78, 5) is 41.0. The molecule has 0 aromatic heterocycles. The molecule has 2 bridgehead atoms. The molecule has 5 nitrogen and oxygen atoms in total. The summed E-state index contributed by atoms with van der Waals surface area (Å²) in [5.41, 5.74) is 0.750. The summed E-state index contributed by atoms with van der Waals surface area (Å²) < 4.78 is 5.71. The van der Waals surface area contributed by atoms with Gasteiger partial charge in [-0.15, -0.1) is 0 Å². The van der Waals surface area contributed by atoms with E-state index in [-0.39, 0.29) is 35.5 Å². The van der Waals surface area contributed by atoms with Crippen molar-refractivity contribution in [1.29, 1.82) is 0 Å². The second kappa shape index (κ2) is 6.64. The highest BCUT2D eigenvalue weighted by Gasteiger charge is 2.67. The lowest BCUT2D eigenvalue weighted by atomic mass is 9.63. The Morgan fingerprint density at radius 3 is 2.24 bits per heavy atom. The highest BCUT2D eigenvalue weighted by atomic mass is 16.5. The van der Waals surface area contributed by atoms with Crippen LogP contribution in [-0.4, -0.2) is 17.8 Å². The van der Waals surface area contributed by atoms with E-state index in [1.54, 1.807) is 30.3 Å². The van der Waals surface area contributed by atoms with Crippen LogP contribution in [0.25, 0.3) is 10.8 Å². The van der Waals surface area contributed by atoms with E-state index in [9.17, 15) is 14.4 Å². The molecule has 5 heteroatoms. The van der Waals surface area contributed by atoms with Gasteiger partial charge in [-0.3, -0.25) is 9.59 Å². The third kappa shape index (κ3) is 2.62. The molecule has 0 radical (unpaired) electrons. The number of amides is 2. The topological polar surface area (TPSA) is 63.7 Å². The SMILES string of the molecule is O=C(Oc1cccc2ccccc12)c1cccc(N2C(=O)C3C4C=CC(C5CC45)C3C2=O)c1. The highest BCUT2D eigenvalue weighted by molar-refractivity contribution is 6.23. The van der Waals surface area contributed by atoms with Gasteiger partial charge in [-0.25, -0.2) is 9.69 Å². The van der Waals surface area contributed by atoms with Gasteiger partial charge < -0.3 is 4.74 Å². The van der Waals surface area contributed by atoms with Gasteiger partial charge in [0.1, 0.15) is 5.75 Å². The Morgan fingerprint density at radius 1 is 0.818 bits per heavy atom. The fourth-order valence-corrected chi connectivity index (χ4v) is 6.43. The number of imide groups is 1. The molecule has 33 heavy (non-hydrogen) atoms. The van der Waals surface area contributed by atoms with Gasteiger partial charge in [-0.2, -0.15) is 0 Å². The zero-order chi connectivity index (χ0) is 22.3. The summed E-state index contributed by atoms with van der Waals surface area (Å²) >= 11 is 0. The average molecular weight is 435 g/mol. The normalized spacial score (nSPS) is 31.0. The first-order valence-electron chi connectivity index (χ1n) is 11.5. The quantitative estimate of drug-likeness (QED) is 0.261. The number of nitrogens with zero attached hydrogens (tertiary/aromatic N) is 1. The molecule has 2 saturated carbocycles. The molecular weight excluding hydrogens is 414 g/mol. The van der Waals surface area contributed by atoms with Crippen molar-refractivity contribution in [1.82, 2.24) is 0 Å². The number of benzene rings is 3. The number of anilines is 1. The number of fused-ring (bicyclic) bond motifs is 1. The molecule has 162 valence electrons. The second-order valence-electron chi connectivity index (χ2n) is 9.58. The van der Waals surface area contributed by atoms with Gasteiger partial charge in [0.05, 0.1) is 23.1 Å². The van der Waals surface area contributed by atoms with Crippen LogP contribution in [0.4, 0.5) is 5.69 Å². The zero-order valence-corrected chi connectivity index (χ0v) is 17.8. The third-order valence-corrected chi connectivity index (χ3v) is 7.96. The highest BCUT2D eigenvalue weighted by Crippen LogP contribution is 2.65. The minimum atomic E-state index is -0.521. The maximum absolute atomic E-state index is 13.4. The number of rotatable bonds is 3. The molecule has 6 atom stereocenters. The summed E-state index contributed by atoms with van der Waals surface area (Å²) in [6, 6.07) is 19.9. The number of carbonyl (C=O) groups excluding carboxylic acids is 3. The van der Waals surface area contributed by atoms with Crippen molar-refractivity contribution < 1.29 is 19.1 Å². The molecule has 0 N–H and O–H groups in total. The third-order valence-electron chi connectivity index (χ3n) is 7.96. The number of carbonyl (C=O) groups is 3. The van der Waals surface area contributed by atoms with E-state index < -0.39 is 5.97 Å². The van der Waals surface area contributed by atoms with E-state index in [1.165, 1.54) is 4.90 Å². The molecule has 1 heterocycles. The van der Waals surface area contributed by atoms with Crippen molar-refractivity contribution in [2.45, 2.75) is 6.42 Å². The van der Waals surface area contributed by atoms with E-state index in [2.05, 4.69) is 12.2 Å². The van der Waals surface area contributed by atoms with Gasteiger partial charge in [-0.05, 0) is 59.7 Å². The lowest BCUT2D eigenvalue weighted by Gasteiger charge is -2.37. The van der Waals surface area contributed by atoms with Crippen LogP contribution in [-0.2, 0) is 9.59 Å². The number of hydrogen-bond donors (Lipinski definition) is 0. The van der Waals surface area contributed by atoms with Gasteiger partial charge in [0.15, 0.2) is 0 Å². The first kappa shape index (κ1) is 18.8. The van der Waals surface area contributed by atoms with Crippen molar-refractivity contribution in [2.75, 3.05) is 4.90 Å². The summed E-state index contributed by atoms with van der Waals surface area (Å²) in [6.07, 6.45) is 5.45. The molecule has 0 spiro atoms. The van der Waals surface area contributed by atoms with Crippen LogP contribution in [0.5, 0.6) is 5.75 Å². The summed E-state index contributed by atoms with van der Waals surface area (Å²) in [6.45, 7) is 0. The maximum atomic E-state index is 13.4. The standard InChI is InChI=1S/C28H21NO4/c30-26-24-19-11-12-20(22-14-21(19)22)25(24)27(31)29(26)17-8-3-7-16(13-17)28(32)33-23-10-4-6-15-5-1-2-9-18(15)23/h1-13,19-22,24-25H,14H2. The number of allylic oxidation sites excluding steroid dienone is 2. The van der Waals surface area contributed by atoms with Crippen LogP contribution < -0.4 is 9.64 Å². The predicted molar refractivity (Wildman–Crippen MR) is 123 cm³/mol. The molecular formula is C28H21NO4. The molecule has 1 saturated heterocycles. The Bertz CT molecular complexity index is 1350. The van der Waals surface area contributed by atoms with Crippen molar-refractivity contribution in [3.8, 4) is 5.75 Å². The number of ether oxygens (including phenoxy) is 1. The monoisotopic (exact) mass is 435 g/mol. The first-order valence-corrected chi connectivity index (χ1v) is 11.5. The van der Waals surface area contributed by atoms with Gasteiger partial charge >= 0.3 is 5.97 Å². The van der Waals surface area contributed by atoms with Gasteiger partial charge in [-0.1, -0.05) is 54.6 Å². The van der Waals surface area contributed by atoms with E-state index in [0.29, 0.717) is 28.8 Å². The second-order valence-corrected chi connectivity index (χ2v) is 9.58. The minimum absolute atomic E-state index is 0.130. The fraction of sp³-hybridized carbons (Fsp3) is 0.250. The van der Waals surface area contributed by atoms with Crippen LogP contribution in [0.2, 0.25) is 0 Å². The van der Waals surface area contributed by atoms with E-state index >= 15 is 0 Å². The Morgan fingerprint density at radius 2 is 1.48 bits per heavy atom. The van der Waals surface area contributed by atoms with E-state index in [0.717, 1.165) is 17.2 Å². The maximum Gasteiger partial charge on any atom is 0.343 e. The van der Waals surface area contributed by atoms with E-state index in [4.69, 9.17) is 4.74 Å². The number of esters is 1. The zero-order valence-electron chi connectivity index (χ0n) is 17.8. The molecule has 3 aromatic carbocycles. The van der Waals surface area contributed by atoms with Crippen molar-refractivity contribution >= 4 is 34.2 Å². The molecule has 5 aliphatic rings. The summed E-state index contributed by atoms with van der Waals surface area (Å²) in [5, 5.41) is 1.83. The van der Waals surface area contributed by atoms with E-state index in [1.807, 2.05) is 36.4 Å². The van der Waals surface area contributed by atoms with Crippen molar-refractivity contribution in [2.24, 2.45) is 35.5 Å². The fourth-order valence-electron chi connectivity index (χ4n) is 6.43. The smallest absolute Gasteiger partial charge is 0.343 e. The first-order chi connectivity index (χ1) is 16.1. The Hall–Kier alpha value is -3.73. The average Bonchev–Trinajstić information content (AvgIpc) is 3.62. The van der Waals surface area contributed by atoms with Crippen LogP contribution >= 0.6 is 0 Å². The lowest BCUT2D eigenvalue weighted by molar-refractivity contribution is -0.124. The van der Waals surface area contributed by atoms with Gasteiger partial charge in [0.2, 0.25) is 11.8 Å². The van der Waals surface area contributed by atoms with Gasteiger partial charge in [0.25, 0.3) is 0 Å². The van der Waals surface area contributed by atoms with Crippen LogP contribution in [0.15, 0.2) is 78.9 Å². The minimum Gasteiger partial charge on any atom is -0.422 e. The van der Waals surface area contributed by atoms with Crippen molar-refractivity contribution in [3.05, 3.63) is 84.4 Å². The predicted octanol–water partition coefficient (Wildman–Crippen LogP) is 4.62. The summed E-state index contributed by atoms with van der Waals surface area (Å²) in [7, 11) is 0. The molecule has 8 rings (SSSR count). The molecule has 3 fully saturated rings. The van der Waals surface area contributed by atoms with Crippen LogP contribution in [0.3, 0.4) is 0 Å². The van der Waals surface area contributed by atoms with Crippen LogP contribution in [0, 0.1) is 35.5 Å². The van der Waals surface area contributed by atoms with Gasteiger partial charge in [0, 0.05) is 5.39 Å². The van der Waals surface area contributed by atoms with Crippen LogP contribution in [0.1, 0.15) is 16.8 Å². The molecule has 1 aliphatic heterocycles. The Balaban J connectivity index is 1.19. The lowest BCUT2D eigenvalue weighted by Crippen LogP contribution is -2.40. The largest absolute Gasteiger partial charge is 0.422 e.